The number of methoxy groups -OCH3 is 1. The van der Waals surface area contributed by atoms with Crippen molar-refractivity contribution < 1.29 is 132 Å². The number of aliphatic hydroxyl groups excluding tert-OH is 5. The Morgan fingerprint density at radius 3 is 1.67 bits per heavy atom. The van der Waals surface area contributed by atoms with E-state index in [4.69, 9.17) is 69.0 Å². The summed E-state index contributed by atoms with van der Waals surface area (Å²) in [5, 5.41) is 52.5. The fourth-order valence-electron chi connectivity index (χ4n) is 11.0. The van der Waals surface area contributed by atoms with Gasteiger partial charge in [0.2, 0.25) is 23.6 Å². The Kier molecular flexibility index (Phi) is 19.4. The largest absolute Gasteiger partial charge is 0.490 e. The Hall–Kier alpha value is -6.58. The highest BCUT2D eigenvalue weighted by molar-refractivity contribution is 8.00. The molecule has 4 aliphatic heterocycles. The standard InChI is InChI=1S/C42H55N20O30P5S/c1-58-11-62(32-19(58)35(70)57-42(46)54-32)37-23(66)21(64)13(87-37)4-83-95(75,76)91-97(79,80)92-96(77,78)84-5-14-25(27(81-2)38(88-14)59-8-49-16-28(43)47-7-48-29(16)59)89-94(73,74)85-6-15-26(24(67)39(98-15)61-10-51-18-31(61)53-41(45)56-34(18)69)90-93(71,72)82-3-12-20(63)22(65)36(86-12)60-9-50-17-30(60)52-40(44)55-33(17)68/h7-15,20-27,36-39,63-67H,3-6H2,1-2H3,(H15-,43,44,45,46,47,48,52,53,54,55,56,57,68,69,70,71,72,73,74,75,76,77,78,79,80)/p+1. The van der Waals surface area contributed by atoms with Crippen molar-refractivity contribution in [1.82, 2.24) is 73.1 Å². The van der Waals surface area contributed by atoms with Crippen LogP contribution >= 0.6 is 50.9 Å². The lowest BCUT2D eigenvalue weighted by atomic mass is 10.1. The molecule has 8 aromatic heterocycles. The molecule has 50 nitrogen and oxygen atoms in total. The van der Waals surface area contributed by atoms with Gasteiger partial charge in [0, 0.05) is 7.11 Å². The lowest BCUT2D eigenvalue weighted by Crippen LogP contribution is -2.46. The van der Waals surface area contributed by atoms with Gasteiger partial charge in [-0.3, -0.25) is 74.7 Å². The third-order valence-electron chi connectivity index (χ3n) is 15.2. The van der Waals surface area contributed by atoms with Crippen molar-refractivity contribution in [2.75, 3.05) is 56.5 Å². The lowest BCUT2D eigenvalue weighted by Gasteiger charge is -2.27. The van der Waals surface area contributed by atoms with E-state index in [0.29, 0.717) is 11.8 Å². The van der Waals surface area contributed by atoms with Crippen molar-refractivity contribution in [3.8, 4) is 0 Å². The Bertz CT molecular complexity index is 4830. The summed E-state index contributed by atoms with van der Waals surface area (Å²) in [4.78, 5) is 131. The minimum atomic E-state index is -6.31. The van der Waals surface area contributed by atoms with E-state index in [2.05, 4.69) is 63.4 Å². The van der Waals surface area contributed by atoms with E-state index < -0.39 is 185 Å². The summed E-state index contributed by atoms with van der Waals surface area (Å²) >= 11 is 0.614. The highest BCUT2D eigenvalue weighted by Crippen LogP contribution is 2.68. The number of phosphoric ester groups is 4. The number of fused-ring (bicyclic) bond motifs is 4. The zero-order valence-corrected chi connectivity index (χ0v) is 54.6. The number of ether oxygens (including phenoxy) is 4. The lowest BCUT2D eigenvalue weighted by molar-refractivity contribution is -0.745. The Morgan fingerprint density at radius 2 is 1.05 bits per heavy atom. The summed E-state index contributed by atoms with van der Waals surface area (Å²) in [6.07, 6.45) is -19.9. The number of nitrogens with one attached hydrogen (secondary N) is 3. The molecule has 0 aliphatic carbocycles. The SMILES string of the molecule is COC1C(OP(=O)(O)OCC2SC(n3cnc4c(=O)[nH]c(N)nc43)C(O)C2OP(=O)(O)OCC2OC(n3cnc4c(=O)[nH]c(N)nc43)C(O)C2O)C(COP(=O)(O)OP(=O)(O)OP(=O)(O)OCC2OC([n+]3cn(C)c4c(=O)[nH]c(N)nc43)C(O)C2O)OC1n1cnc2c(N)ncnc21. The summed E-state index contributed by atoms with van der Waals surface area (Å²) < 4.78 is 137. The molecule has 56 heteroatoms. The molecule has 12 rings (SSSR count). The fourth-order valence-corrected chi connectivity index (χ4v) is 18.1. The normalized spacial score (nSPS) is 30.7. The van der Waals surface area contributed by atoms with E-state index in [1.165, 1.54) is 17.9 Å². The molecule has 534 valence electrons. The number of aromatic nitrogens is 16. The van der Waals surface area contributed by atoms with Gasteiger partial charge in [-0.2, -0.15) is 18.6 Å². The molecule has 4 fully saturated rings. The van der Waals surface area contributed by atoms with Crippen LogP contribution in [0.25, 0.3) is 44.7 Å². The number of aromatic amines is 3. The number of nitrogen functional groups attached to an aromatic ring is 4. The van der Waals surface area contributed by atoms with Gasteiger partial charge in [0.25, 0.3) is 22.6 Å². The summed E-state index contributed by atoms with van der Waals surface area (Å²) in [6.45, 7) is -4.72. The minimum Gasteiger partial charge on any atom is -0.387 e. The zero-order chi connectivity index (χ0) is 70.6. The van der Waals surface area contributed by atoms with Crippen LogP contribution in [0.15, 0.2) is 46.0 Å². The van der Waals surface area contributed by atoms with E-state index in [1.807, 2.05) is 0 Å². The van der Waals surface area contributed by atoms with E-state index >= 15 is 0 Å². The van der Waals surface area contributed by atoms with Crippen molar-refractivity contribution in [2.24, 2.45) is 7.05 Å². The molecule has 12 heterocycles. The Morgan fingerprint density at radius 1 is 0.551 bits per heavy atom. The first-order valence-electron chi connectivity index (χ1n) is 27.7. The number of aliphatic hydroxyl groups is 5. The third-order valence-corrected chi connectivity index (χ3v) is 23.0. The summed E-state index contributed by atoms with van der Waals surface area (Å²) in [5.74, 6) is -1.24. The fraction of sp³-hybridized carbons (Fsp3) is 0.524. The van der Waals surface area contributed by atoms with Crippen LogP contribution in [0.1, 0.15) is 24.1 Å². The molecule has 8 aromatic rings. The first-order valence-corrected chi connectivity index (χ1v) is 36.1. The van der Waals surface area contributed by atoms with Crippen molar-refractivity contribution >= 4 is 119 Å². The second-order valence-corrected chi connectivity index (χ2v) is 30.4. The molecule has 21 unspecified atom stereocenters. The molecule has 0 radical (unpaired) electrons. The number of hydrogen-bond donors (Lipinski definition) is 17. The van der Waals surface area contributed by atoms with Gasteiger partial charge in [-0.15, -0.1) is 11.8 Å². The number of nitrogens with zero attached hydrogens (tertiary/aromatic N) is 13. The highest BCUT2D eigenvalue weighted by atomic mass is 32.2. The van der Waals surface area contributed by atoms with Gasteiger partial charge in [-0.25, -0.2) is 52.3 Å². The molecule has 21 atom stereocenters. The maximum absolute atomic E-state index is 14.3. The Balaban J connectivity index is 0.740. The number of hydrogen-bond acceptors (Lipinski definition) is 38. The van der Waals surface area contributed by atoms with Crippen LogP contribution in [0, 0.1) is 0 Å². The smallest absolute Gasteiger partial charge is 0.387 e. The quantitative estimate of drug-likeness (QED) is 0.0187. The van der Waals surface area contributed by atoms with E-state index in [0.717, 1.165) is 50.7 Å². The topological polar surface area (TPSA) is 728 Å². The van der Waals surface area contributed by atoms with Gasteiger partial charge in [0.15, 0.2) is 52.6 Å². The van der Waals surface area contributed by atoms with E-state index in [9.17, 15) is 87.2 Å². The van der Waals surface area contributed by atoms with E-state index in [-0.39, 0.29) is 62.4 Å². The average Bonchev–Trinajstić information content (AvgIpc) is 1.62. The van der Waals surface area contributed by atoms with E-state index in [1.54, 1.807) is 0 Å². The molecule has 0 saturated carbocycles. The van der Waals surface area contributed by atoms with Crippen molar-refractivity contribution in [1.29, 1.82) is 0 Å². The van der Waals surface area contributed by atoms with Crippen molar-refractivity contribution in [3.63, 3.8) is 0 Å². The van der Waals surface area contributed by atoms with Crippen LogP contribution < -0.4 is 44.2 Å². The molecule has 0 amide bonds. The highest BCUT2D eigenvalue weighted by Gasteiger charge is 2.55. The summed E-state index contributed by atoms with van der Waals surface area (Å²) in [6, 6.07) is 0. The molecular weight excluding hydrogens is 1450 g/mol. The first kappa shape index (κ1) is 71.3. The van der Waals surface area contributed by atoms with Gasteiger partial charge >= 0.3 is 44.8 Å². The molecule has 0 spiro atoms. The first-order chi connectivity index (χ1) is 46.0. The molecule has 0 bridgehead atoms. The number of imidazole rings is 4. The second kappa shape index (κ2) is 26.7. The number of rotatable bonds is 25. The molecule has 98 heavy (non-hydrogen) atoms. The molecule has 4 saturated heterocycles. The second-order valence-electron chi connectivity index (χ2n) is 21.6. The van der Waals surface area contributed by atoms with Crippen molar-refractivity contribution in [2.45, 2.75) is 96.5 Å². The van der Waals surface area contributed by atoms with Crippen LogP contribution in [0.2, 0.25) is 0 Å². The Labute approximate surface area is 545 Å². The summed E-state index contributed by atoms with van der Waals surface area (Å²) in [5.41, 5.74) is 19.7. The van der Waals surface area contributed by atoms with Gasteiger partial charge in [-0.05, 0) is 0 Å². The molecule has 0 aromatic carbocycles. The van der Waals surface area contributed by atoms with Crippen LogP contribution in [0.4, 0.5) is 23.7 Å². The number of phosphoric acid groups is 5. The zero-order valence-electron chi connectivity index (χ0n) is 49.4. The number of aryl methyl sites for hydroxylation is 1. The number of thioether (sulfide) groups is 1. The predicted molar refractivity (Wildman–Crippen MR) is 319 cm³/mol. The molecule has 21 N–H and O–H groups in total. The number of nitrogens with two attached hydrogens (primary N) is 4. The number of anilines is 4. The van der Waals surface area contributed by atoms with Gasteiger partial charge in [-0.1, -0.05) is 4.98 Å². The third kappa shape index (κ3) is 14.1. The summed E-state index contributed by atoms with van der Waals surface area (Å²) in [7, 11) is -27.2. The van der Waals surface area contributed by atoms with Gasteiger partial charge in [0.05, 0.1) is 57.7 Å². The van der Waals surface area contributed by atoms with Gasteiger partial charge < -0.3 is 91.9 Å². The maximum atomic E-state index is 14.3. The minimum absolute atomic E-state index is 0.0218. The maximum Gasteiger partial charge on any atom is 0.490 e. The van der Waals surface area contributed by atoms with Crippen LogP contribution in [-0.4, -0.2) is 229 Å². The molecular formula is C42H56N20O30P5S+. The predicted octanol–water partition coefficient (Wildman–Crippen LogP) is -5.52. The van der Waals surface area contributed by atoms with Crippen LogP contribution in [0.3, 0.4) is 0 Å². The van der Waals surface area contributed by atoms with Gasteiger partial charge in [0.1, 0.15) is 84.4 Å². The number of H-pyrrole nitrogens is 3. The molecule has 4 aliphatic rings. The van der Waals surface area contributed by atoms with Crippen LogP contribution in [-0.2, 0) is 84.6 Å². The van der Waals surface area contributed by atoms with Crippen LogP contribution in [0.5, 0.6) is 0 Å². The van der Waals surface area contributed by atoms with Crippen molar-refractivity contribution in [3.05, 3.63) is 62.7 Å². The monoisotopic (exact) mass is 1510 g/mol. The average molecular weight is 1510 g/mol.